The fourth-order valence-corrected chi connectivity index (χ4v) is 2.28. The molecule has 2 heterocycles. The summed E-state index contributed by atoms with van der Waals surface area (Å²) in [5.74, 6) is 0.783. The summed E-state index contributed by atoms with van der Waals surface area (Å²) in [4.78, 5) is 12.2. The highest BCUT2D eigenvalue weighted by molar-refractivity contribution is 9.10. The molecule has 3 aromatic rings. The summed E-state index contributed by atoms with van der Waals surface area (Å²) in [5.41, 5.74) is 7.37. The summed E-state index contributed by atoms with van der Waals surface area (Å²) in [6.07, 6.45) is 3.15. The highest BCUT2D eigenvalue weighted by Gasteiger charge is 2.08. The first kappa shape index (κ1) is 15.1. The summed E-state index contributed by atoms with van der Waals surface area (Å²) in [5, 5.41) is 3.70. The molecule has 0 saturated carbocycles. The molecule has 0 radical (unpaired) electrons. The third-order valence-corrected chi connectivity index (χ3v) is 4.19. The first-order valence-electron chi connectivity index (χ1n) is 6.08. The molecule has 3 N–H and O–H groups in total. The SMILES string of the molecule is Nc1nc(Nc2ccc(-n3cnc(Cl)c3Cl)cc2)ncc1Br. The fraction of sp³-hybridized carbons (Fsp3) is 0. The molecule has 0 aliphatic heterocycles. The van der Waals surface area contributed by atoms with E-state index in [1.165, 1.54) is 0 Å². The Labute approximate surface area is 144 Å². The van der Waals surface area contributed by atoms with E-state index in [9.17, 15) is 0 Å². The molecular weight excluding hydrogens is 391 g/mol. The molecule has 112 valence electrons. The highest BCUT2D eigenvalue weighted by Crippen LogP contribution is 2.25. The average Bonchev–Trinajstić information content (AvgIpc) is 2.84. The van der Waals surface area contributed by atoms with Gasteiger partial charge in [-0.3, -0.25) is 4.57 Å². The van der Waals surface area contributed by atoms with Crippen molar-refractivity contribution in [2.24, 2.45) is 0 Å². The predicted octanol–water partition coefficient (Wildman–Crippen LogP) is 4.06. The predicted molar refractivity (Wildman–Crippen MR) is 91.0 cm³/mol. The van der Waals surface area contributed by atoms with Gasteiger partial charge in [-0.15, -0.1) is 0 Å². The largest absolute Gasteiger partial charge is 0.383 e. The van der Waals surface area contributed by atoms with Crippen molar-refractivity contribution in [3.05, 3.63) is 51.6 Å². The maximum atomic E-state index is 6.06. The Kier molecular flexibility index (Phi) is 4.19. The molecule has 0 atom stereocenters. The third kappa shape index (κ3) is 3.01. The number of hydrogen-bond acceptors (Lipinski definition) is 5. The monoisotopic (exact) mass is 398 g/mol. The summed E-state index contributed by atoms with van der Waals surface area (Å²) < 4.78 is 2.34. The lowest BCUT2D eigenvalue weighted by atomic mass is 10.3. The Hall–Kier alpha value is -1.83. The zero-order valence-corrected chi connectivity index (χ0v) is 14.1. The molecule has 2 aromatic heterocycles. The molecule has 0 unspecified atom stereocenters. The van der Waals surface area contributed by atoms with Crippen LogP contribution < -0.4 is 11.1 Å². The van der Waals surface area contributed by atoms with E-state index in [-0.39, 0.29) is 5.15 Å². The maximum absolute atomic E-state index is 6.06. The van der Waals surface area contributed by atoms with Gasteiger partial charge in [0.05, 0.1) is 4.47 Å². The molecule has 22 heavy (non-hydrogen) atoms. The van der Waals surface area contributed by atoms with Crippen LogP contribution in [0.5, 0.6) is 0 Å². The van der Waals surface area contributed by atoms with Crippen molar-refractivity contribution in [3.63, 3.8) is 0 Å². The number of nitrogen functional groups attached to an aromatic ring is 1. The van der Waals surface area contributed by atoms with Gasteiger partial charge in [-0.1, -0.05) is 23.2 Å². The number of anilines is 3. The Morgan fingerprint density at radius 1 is 1.14 bits per heavy atom. The zero-order valence-electron chi connectivity index (χ0n) is 11.0. The molecule has 0 spiro atoms. The molecular formula is C13H9BrCl2N6. The lowest BCUT2D eigenvalue weighted by Crippen LogP contribution is -2.01. The van der Waals surface area contributed by atoms with E-state index >= 15 is 0 Å². The van der Waals surface area contributed by atoms with Crippen molar-refractivity contribution in [2.45, 2.75) is 0 Å². The normalized spacial score (nSPS) is 10.7. The van der Waals surface area contributed by atoms with Crippen LogP contribution >= 0.6 is 39.1 Å². The number of hydrogen-bond donors (Lipinski definition) is 2. The molecule has 1 aromatic carbocycles. The van der Waals surface area contributed by atoms with Gasteiger partial charge < -0.3 is 11.1 Å². The van der Waals surface area contributed by atoms with E-state index in [2.05, 4.69) is 36.2 Å². The summed E-state index contributed by atoms with van der Waals surface area (Å²) in [7, 11) is 0. The minimum absolute atomic E-state index is 0.266. The van der Waals surface area contributed by atoms with Crippen molar-refractivity contribution in [3.8, 4) is 5.69 Å². The Balaban J connectivity index is 1.82. The number of imidazole rings is 1. The van der Waals surface area contributed by atoms with E-state index in [4.69, 9.17) is 28.9 Å². The number of aromatic nitrogens is 4. The Bertz CT molecular complexity index is 818. The van der Waals surface area contributed by atoms with E-state index in [0.717, 1.165) is 11.4 Å². The number of rotatable bonds is 3. The molecule has 0 aliphatic rings. The molecule has 0 amide bonds. The second kappa shape index (κ2) is 6.12. The first-order valence-corrected chi connectivity index (χ1v) is 7.63. The lowest BCUT2D eigenvalue weighted by Gasteiger charge is -2.08. The van der Waals surface area contributed by atoms with E-state index < -0.39 is 0 Å². The summed E-state index contributed by atoms with van der Waals surface area (Å²) in [6, 6.07) is 7.46. The molecule has 0 aliphatic carbocycles. The van der Waals surface area contributed by atoms with E-state index in [1.807, 2.05) is 24.3 Å². The van der Waals surface area contributed by atoms with Crippen LogP contribution in [0.4, 0.5) is 17.5 Å². The van der Waals surface area contributed by atoms with Crippen LogP contribution in [0.1, 0.15) is 0 Å². The smallest absolute Gasteiger partial charge is 0.229 e. The number of nitrogens with one attached hydrogen (secondary N) is 1. The Morgan fingerprint density at radius 2 is 1.86 bits per heavy atom. The maximum Gasteiger partial charge on any atom is 0.229 e. The first-order chi connectivity index (χ1) is 10.5. The quantitative estimate of drug-likeness (QED) is 0.693. The van der Waals surface area contributed by atoms with Crippen LogP contribution in [0, 0.1) is 0 Å². The van der Waals surface area contributed by atoms with Gasteiger partial charge in [-0.05, 0) is 40.2 Å². The van der Waals surface area contributed by atoms with Crippen LogP contribution in [0.25, 0.3) is 5.69 Å². The average molecular weight is 400 g/mol. The molecule has 9 heteroatoms. The van der Waals surface area contributed by atoms with Crippen molar-refractivity contribution in [1.29, 1.82) is 0 Å². The van der Waals surface area contributed by atoms with Gasteiger partial charge in [0.2, 0.25) is 5.95 Å². The second-order valence-corrected chi connectivity index (χ2v) is 5.87. The second-order valence-electron chi connectivity index (χ2n) is 4.29. The zero-order chi connectivity index (χ0) is 15.7. The van der Waals surface area contributed by atoms with Crippen molar-refractivity contribution in [2.75, 3.05) is 11.1 Å². The standard InChI is InChI=1S/C13H9BrCl2N6/c14-9-5-18-13(21-12(9)17)20-7-1-3-8(4-2-7)22-6-19-10(15)11(22)16/h1-6H,(H3,17,18,20,21). The van der Waals surface area contributed by atoms with Gasteiger partial charge >= 0.3 is 0 Å². The lowest BCUT2D eigenvalue weighted by molar-refractivity contribution is 1.06. The number of nitrogens with zero attached hydrogens (tertiary/aromatic N) is 4. The van der Waals surface area contributed by atoms with Gasteiger partial charge in [0, 0.05) is 17.6 Å². The topological polar surface area (TPSA) is 81.6 Å². The fourth-order valence-electron chi connectivity index (χ4n) is 1.77. The number of nitrogens with two attached hydrogens (primary N) is 1. The van der Waals surface area contributed by atoms with Gasteiger partial charge in [-0.25, -0.2) is 9.97 Å². The van der Waals surface area contributed by atoms with Crippen LogP contribution in [0.15, 0.2) is 41.3 Å². The molecule has 3 rings (SSSR count). The minimum Gasteiger partial charge on any atom is -0.383 e. The molecule has 0 saturated heterocycles. The van der Waals surface area contributed by atoms with Crippen molar-refractivity contribution < 1.29 is 0 Å². The molecule has 0 fully saturated rings. The number of benzene rings is 1. The van der Waals surface area contributed by atoms with E-state index in [0.29, 0.717) is 21.4 Å². The third-order valence-electron chi connectivity index (χ3n) is 2.84. The number of halogens is 3. The molecule has 6 nitrogen and oxygen atoms in total. The van der Waals surface area contributed by atoms with Crippen LogP contribution in [-0.4, -0.2) is 19.5 Å². The summed E-state index contributed by atoms with van der Waals surface area (Å²) in [6.45, 7) is 0. The van der Waals surface area contributed by atoms with Gasteiger partial charge in [0.15, 0.2) is 10.3 Å². The summed E-state index contributed by atoms with van der Waals surface area (Å²) >= 11 is 15.1. The van der Waals surface area contributed by atoms with Gasteiger partial charge in [0.1, 0.15) is 12.1 Å². The van der Waals surface area contributed by atoms with Crippen LogP contribution in [0.2, 0.25) is 10.3 Å². The van der Waals surface area contributed by atoms with Gasteiger partial charge in [-0.2, -0.15) is 4.98 Å². The highest BCUT2D eigenvalue weighted by atomic mass is 79.9. The minimum atomic E-state index is 0.266. The molecule has 0 bridgehead atoms. The Morgan fingerprint density at radius 3 is 2.45 bits per heavy atom. The van der Waals surface area contributed by atoms with Gasteiger partial charge in [0.25, 0.3) is 0 Å². The van der Waals surface area contributed by atoms with Crippen LogP contribution in [0.3, 0.4) is 0 Å². The van der Waals surface area contributed by atoms with Crippen LogP contribution in [-0.2, 0) is 0 Å². The van der Waals surface area contributed by atoms with E-state index in [1.54, 1.807) is 17.1 Å². The van der Waals surface area contributed by atoms with Crippen molar-refractivity contribution in [1.82, 2.24) is 19.5 Å². The van der Waals surface area contributed by atoms with Crippen molar-refractivity contribution >= 4 is 56.6 Å².